The standard InChI is InChI=1S/C17H21NO5/c1-21-17(20)15-10-14-9-13(7-8-18(14)23-15)16(19)22-11-12-5-3-2-4-6-12/h2-6,13-15H,7-11H2,1H3/t13-,14-,15+/m1/s1. The minimum absolute atomic E-state index is 0.0714. The second-order valence-corrected chi connectivity index (χ2v) is 5.96. The van der Waals surface area contributed by atoms with E-state index in [9.17, 15) is 9.59 Å². The molecule has 0 radical (unpaired) electrons. The molecule has 1 aromatic rings. The molecule has 2 aliphatic rings. The van der Waals surface area contributed by atoms with Crippen molar-refractivity contribution in [2.24, 2.45) is 5.92 Å². The van der Waals surface area contributed by atoms with Gasteiger partial charge in [0.15, 0.2) is 6.10 Å². The summed E-state index contributed by atoms with van der Waals surface area (Å²) >= 11 is 0. The Morgan fingerprint density at radius 3 is 2.74 bits per heavy atom. The number of nitrogens with zero attached hydrogens (tertiary/aromatic N) is 1. The Morgan fingerprint density at radius 1 is 1.22 bits per heavy atom. The molecule has 3 atom stereocenters. The fourth-order valence-electron chi connectivity index (χ4n) is 3.17. The van der Waals surface area contributed by atoms with E-state index in [1.807, 2.05) is 35.4 Å². The molecule has 0 saturated carbocycles. The van der Waals surface area contributed by atoms with Crippen molar-refractivity contribution in [2.45, 2.75) is 38.0 Å². The number of piperidine rings is 1. The van der Waals surface area contributed by atoms with Gasteiger partial charge >= 0.3 is 11.9 Å². The number of hydrogen-bond acceptors (Lipinski definition) is 6. The van der Waals surface area contributed by atoms with Gasteiger partial charge in [0.1, 0.15) is 6.61 Å². The van der Waals surface area contributed by atoms with Gasteiger partial charge in [0.25, 0.3) is 0 Å². The first-order valence-electron chi connectivity index (χ1n) is 7.89. The van der Waals surface area contributed by atoms with Crippen molar-refractivity contribution in [3.8, 4) is 0 Å². The molecule has 0 amide bonds. The second kappa shape index (κ2) is 7.10. The first kappa shape index (κ1) is 16.0. The number of carbonyl (C=O) groups excluding carboxylic acids is 2. The number of ether oxygens (including phenoxy) is 2. The zero-order valence-corrected chi connectivity index (χ0v) is 13.1. The third kappa shape index (κ3) is 3.71. The molecule has 2 saturated heterocycles. The number of hydrogen-bond donors (Lipinski definition) is 0. The molecular formula is C17H21NO5. The van der Waals surface area contributed by atoms with E-state index in [0.29, 0.717) is 32.4 Å². The van der Waals surface area contributed by atoms with Crippen molar-refractivity contribution in [1.82, 2.24) is 5.06 Å². The maximum Gasteiger partial charge on any atom is 0.337 e. The highest BCUT2D eigenvalue weighted by atomic mass is 16.7. The normalized spacial score (nSPS) is 27.3. The third-order valence-corrected chi connectivity index (χ3v) is 4.43. The van der Waals surface area contributed by atoms with Crippen LogP contribution in [0, 0.1) is 5.92 Å². The number of rotatable bonds is 4. The summed E-state index contributed by atoms with van der Waals surface area (Å²) in [4.78, 5) is 29.4. The molecule has 3 rings (SSSR count). The van der Waals surface area contributed by atoms with E-state index in [1.165, 1.54) is 7.11 Å². The lowest BCUT2D eigenvalue weighted by Crippen LogP contribution is -2.40. The molecule has 0 aliphatic carbocycles. The first-order chi connectivity index (χ1) is 11.2. The molecule has 6 nitrogen and oxygen atoms in total. The van der Waals surface area contributed by atoms with Crippen LogP contribution in [0.3, 0.4) is 0 Å². The second-order valence-electron chi connectivity index (χ2n) is 5.96. The number of carbonyl (C=O) groups is 2. The average molecular weight is 319 g/mol. The summed E-state index contributed by atoms with van der Waals surface area (Å²) < 4.78 is 10.1. The zero-order chi connectivity index (χ0) is 16.2. The molecule has 2 fully saturated rings. The Morgan fingerprint density at radius 2 is 2.00 bits per heavy atom. The lowest BCUT2D eigenvalue weighted by atomic mass is 9.90. The van der Waals surface area contributed by atoms with Gasteiger partial charge in [-0.1, -0.05) is 30.3 Å². The summed E-state index contributed by atoms with van der Waals surface area (Å²) in [5, 5.41) is 1.81. The van der Waals surface area contributed by atoms with Gasteiger partial charge in [-0.3, -0.25) is 9.63 Å². The quantitative estimate of drug-likeness (QED) is 0.787. The monoisotopic (exact) mass is 319 g/mol. The van der Waals surface area contributed by atoms with Crippen LogP contribution < -0.4 is 0 Å². The number of hydroxylamine groups is 2. The van der Waals surface area contributed by atoms with Crippen LogP contribution in [0.2, 0.25) is 0 Å². The largest absolute Gasteiger partial charge is 0.467 e. The topological polar surface area (TPSA) is 65.1 Å². The minimum Gasteiger partial charge on any atom is -0.467 e. The van der Waals surface area contributed by atoms with Gasteiger partial charge in [-0.15, -0.1) is 0 Å². The van der Waals surface area contributed by atoms with Crippen LogP contribution in [0.1, 0.15) is 24.8 Å². The van der Waals surface area contributed by atoms with Crippen molar-refractivity contribution in [1.29, 1.82) is 0 Å². The Hall–Kier alpha value is -1.92. The molecule has 6 heteroatoms. The van der Waals surface area contributed by atoms with Crippen LogP contribution in [0.25, 0.3) is 0 Å². The molecule has 0 bridgehead atoms. The van der Waals surface area contributed by atoms with Gasteiger partial charge in [-0.25, -0.2) is 4.79 Å². The van der Waals surface area contributed by atoms with Gasteiger partial charge in [0.05, 0.1) is 13.0 Å². The van der Waals surface area contributed by atoms with Gasteiger partial charge in [0, 0.05) is 19.0 Å². The average Bonchev–Trinajstić information content (AvgIpc) is 3.03. The molecule has 23 heavy (non-hydrogen) atoms. The summed E-state index contributed by atoms with van der Waals surface area (Å²) in [6.45, 7) is 0.926. The highest BCUT2D eigenvalue weighted by Gasteiger charge is 2.43. The Balaban J connectivity index is 1.51. The van der Waals surface area contributed by atoms with Crippen molar-refractivity contribution < 1.29 is 23.9 Å². The smallest absolute Gasteiger partial charge is 0.337 e. The molecule has 0 aromatic heterocycles. The van der Waals surface area contributed by atoms with Crippen LogP contribution in [-0.4, -0.2) is 42.8 Å². The Kier molecular flexibility index (Phi) is 4.93. The van der Waals surface area contributed by atoms with Gasteiger partial charge in [-0.2, -0.15) is 5.06 Å². The highest BCUT2D eigenvalue weighted by molar-refractivity contribution is 5.75. The number of methoxy groups -OCH3 is 1. The van der Waals surface area contributed by atoms with Crippen molar-refractivity contribution in [3.63, 3.8) is 0 Å². The predicted octanol–water partition coefficient (Wildman–Crippen LogP) is 1.69. The molecule has 2 aliphatic heterocycles. The van der Waals surface area contributed by atoms with Crippen LogP contribution in [0.15, 0.2) is 30.3 Å². The summed E-state index contributed by atoms with van der Waals surface area (Å²) in [6, 6.07) is 9.71. The van der Waals surface area contributed by atoms with E-state index in [4.69, 9.17) is 14.3 Å². The van der Waals surface area contributed by atoms with Crippen molar-refractivity contribution >= 4 is 11.9 Å². The van der Waals surface area contributed by atoms with E-state index >= 15 is 0 Å². The summed E-state index contributed by atoms with van der Waals surface area (Å²) in [6.07, 6.45) is 1.35. The van der Waals surface area contributed by atoms with Gasteiger partial charge in [-0.05, 0) is 18.4 Å². The van der Waals surface area contributed by atoms with Crippen molar-refractivity contribution in [3.05, 3.63) is 35.9 Å². The van der Waals surface area contributed by atoms with Crippen molar-refractivity contribution in [2.75, 3.05) is 13.7 Å². The highest BCUT2D eigenvalue weighted by Crippen LogP contribution is 2.33. The summed E-state index contributed by atoms with van der Waals surface area (Å²) in [5.41, 5.74) is 0.980. The van der Waals surface area contributed by atoms with Crippen LogP contribution >= 0.6 is 0 Å². The number of benzene rings is 1. The lowest BCUT2D eigenvalue weighted by Gasteiger charge is -2.31. The predicted molar refractivity (Wildman–Crippen MR) is 81.0 cm³/mol. The Labute approximate surface area is 135 Å². The summed E-state index contributed by atoms with van der Waals surface area (Å²) in [5.74, 6) is -0.669. The fourth-order valence-corrected chi connectivity index (χ4v) is 3.17. The van der Waals surface area contributed by atoms with E-state index in [1.54, 1.807) is 0 Å². The molecule has 0 unspecified atom stereocenters. The minimum atomic E-state index is -0.552. The van der Waals surface area contributed by atoms with Crippen LogP contribution in [0.4, 0.5) is 0 Å². The molecule has 2 heterocycles. The van der Waals surface area contributed by atoms with Crippen LogP contribution in [0.5, 0.6) is 0 Å². The molecule has 124 valence electrons. The van der Waals surface area contributed by atoms with Gasteiger partial charge < -0.3 is 9.47 Å². The van der Waals surface area contributed by atoms with Crippen LogP contribution in [-0.2, 0) is 30.5 Å². The molecular weight excluding hydrogens is 298 g/mol. The summed E-state index contributed by atoms with van der Waals surface area (Å²) in [7, 11) is 1.35. The van der Waals surface area contributed by atoms with E-state index in [2.05, 4.69) is 0 Å². The lowest BCUT2D eigenvalue weighted by molar-refractivity contribution is -0.197. The molecule has 0 N–H and O–H groups in total. The zero-order valence-electron chi connectivity index (χ0n) is 13.1. The van der Waals surface area contributed by atoms with E-state index in [0.717, 1.165) is 5.56 Å². The maximum absolute atomic E-state index is 12.3. The van der Waals surface area contributed by atoms with E-state index in [-0.39, 0.29) is 23.9 Å². The number of fused-ring (bicyclic) bond motifs is 1. The van der Waals surface area contributed by atoms with Gasteiger partial charge in [0.2, 0.25) is 0 Å². The van der Waals surface area contributed by atoms with E-state index < -0.39 is 6.10 Å². The fraction of sp³-hybridized carbons (Fsp3) is 0.529. The first-order valence-corrected chi connectivity index (χ1v) is 7.89. The third-order valence-electron chi connectivity index (χ3n) is 4.43. The maximum atomic E-state index is 12.3. The molecule has 1 aromatic carbocycles. The molecule has 0 spiro atoms. The SMILES string of the molecule is COC(=O)[C@@H]1C[C@H]2C[C@H](C(=O)OCc3ccccc3)CCN2O1. The number of esters is 2. The Bertz CT molecular complexity index is 561.